The summed E-state index contributed by atoms with van der Waals surface area (Å²) in [6.07, 6.45) is 1.76. The van der Waals surface area contributed by atoms with E-state index >= 15 is 0 Å². The maximum atomic E-state index is 9.47. The third-order valence-corrected chi connectivity index (χ3v) is 3.42. The zero-order valence-corrected chi connectivity index (χ0v) is 12.1. The fraction of sp³-hybridized carbons (Fsp3) is 0.0556. The molecule has 4 heteroatoms. The van der Waals surface area contributed by atoms with Crippen LogP contribution in [-0.2, 0) is 11.3 Å². The van der Waals surface area contributed by atoms with Gasteiger partial charge in [-0.15, -0.1) is 0 Å². The van der Waals surface area contributed by atoms with E-state index < -0.39 is 0 Å². The van der Waals surface area contributed by atoms with E-state index in [2.05, 4.69) is 4.98 Å². The van der Waals surface area contributed by atoms with E-state index in [1.165, 1.54) is 0 Å². The van der Waals surface area contributed by atoms with Crippen LogP contribution in [0.4, 0.5) is 0 Å². The number of aromatic nitrogens is 1. The lowest BCUT2D eigenvalue weighted by Gasteiger charge is -2.15. The summed E-state index contributed by atoms with van der Waals surface area (Å²) in [5, 5.41) is 9.47. The Hall–Kier alpha value is -2.59. The Kier molecular flexibility index (Phi) is 4.51. The lowest BCUT2D eigenvalue weighted by molar-refractivity contribution is 0.316. The van der Waals surface area contributed by atoms with Gasteiger partial charge in [0.2, 0.25) is 0 Å². The van der Waals surface area contributed by atoms with Crippen molar-refractivity contribution in [1.29, 1.82) is 0 Å². The molecule has 0 amide bonds. The molecule has 1 N–H and O–H groups in total. The van der Waals surface area contributed by atoms with E-state index in [1.54, 1.807) is 18.3 Å². The molecular weight excluding hydrogens is 273 g/mol. The van der Waals surface area contributed by atoms with E-state index in [9.17, 15) is 5.11 Å². The van der Waals surface area contributed by atoms with Gasteiger partial charge in [0.05, 0.1) is 12.3 Å². The van der Waals surface area contributed by atoms with Crippen LogP contribution in [-0.4, -0.2) is 17.0 Å². The van der Waals surface area contributed by atoms with E-state index in [4.69, 9.17) is 4.65 Å². The van der Waals surface area contributed by atoms with Gasteiger partial charge in [0.1, 0.15) is 5.75 Å². The molecule has 3 aromatic rings. The van der Waals surface area contributed by atoms with Crippen LogP contribution in [0, 0.1) is 0 Å². The minimum atomic E-state index is -0.191. The zero-order chi connectivity index (χ0) is 15.2. The van der Waals surface area contributed by atoms with Gasteiger partial charge < -0.3 is 9.76 Å². The number of hydrogen-bond donors (Lipinski definition) is 1. The van der Waals surface area contributed by atoms with Crippen LogP contribution in [0.5, 0.6) is 5.75 Å². The first-order valence-electron chi connectivity index (χ1n) is 7.18. The van der Waals surface area contributed by atoms with Crippen molar-refractivity contribution in [3.8, 4) is 5.75 Å². The molecule has 3 rings (SSSR count). The molecular formula is C18H16BNO2. The Balaban J connectivity index is 1.85. The first-order valence-corrected chi connectivity index (χ1v) is 7.18. The fourth-order valence-corrected chi connectivity index (χ4v) is 2.31. The molecule has 0 bridgehead atoms. The smallest absolute Gasteiger partial charge is 0.361 e. The van der Waals surface area contributed by atoms with Crippen molar-refractivity contribution in [3.05, 3.63) is 84.7 Å². The molecule has 0 saturated heterocycles. The SMILES string of the molecule is Oc1ccc(B(OCc2ccccn2)c2ccccc2)cc1. The molecule has 3 nitrogen and oxygen atoms in total. The fourth-order valence-electron chi connectivity index (χ4n) is 2.31. The number of aromatic hydroxyl groups is 1. The molecule has 0 fully saturated rings. The molecule has 0 atom stereocenters. The van der Waals surface area contributed by atoms with E-state index in [1.807, 2.05) is 60.7 Å². The van der Waals surface area contributed by atoms with Gasteiger partial charge in [-0.05, 0) is 35.2 Å². The topological polar surface area (TPSA) is 42.4 Å². The van der Waals surface area contributed by atoms with Gasteiger partial charge in [-0.3, -0.25) is 4.98 Å². The molecule has 2 aromatic carbocycles. The lowest BCUT2D eigenvalue weighted by atomic mass is 9.55. The number of phenols is 1. The Morgan fingerprint density at radius 1 is 0.818 bits per heavy atom. The summed E-state index contributed by atoms with van der Waals surface area (Å²) in [6.45, 7) is 0.241. The lowest BCUT2D eigenvalue weighted by Crippen LogP contribution is -2.44. The third kappa shape index (κ3) is 3.54. The molecule has 108 valence electrons. The first kappa shape index (κ1) is 14.4. The molecule has 1 aromatic heterocycles. The maximum absolute atomic E-state index is 9.47. The molecule has 0 aliphatic heterocycles. The van der Waals surface area contributed by atoms with E-state index in [0.29, 0.717) is 6.61 Å². The summed E-state index contributed by atoms with van der Waals surface area (Å²) in [5.41, 5.74) is 2.96. The van der Waals surface area contributed by atoms with Crippen LogP contribution >= 0.6 is 0 Å². The zero-order valence-electron chi connectivity index (χ0n) is 12.1. The summed E-state index contributed by atoms with van der Waals surface area (Å²) in [5.74, 6) is 0.250. The largest absolute Gasteiger partial charge is 0.508 e. The standard InChI is InChI=1S/C18H16BNO2/c21-18-11-9-16(10-12-18)19(15-6-2-1-3-7-15)22-14-17-8-4-5-13-20-17/h1-13,21H,14H2. The predicted molar refractivity (Wildman–Crippen MR) is 88.6 cm³/mol. The molecule has 0 saturated carbocycles. The van der Waals surface area contributed by atoms with Gasteiger partial charge in [-0.1, -0.05) is 48.5 Å². The molecule has 0 aliphatic carbocycles. The monoisotopic (exact) mass is 289 g/mol. The van der Waals surface area contributed by atoms with Crippen LogP contribution in [0.25, 0.3) is 0 Å². The highest BCUT2D eigenvalue weighted by molar-refractivity contribution is 6.80. The number of nitrogens with zero attached hydrogens (tertiary/aromatic N) is 1. The Bertz CT molecular complexity index is 702. The number of pyridine rings is 1. The maximum Gasteiger partial charge on any atom is 0.361 e. The minimum absolute atomic E-state index is 0.191. The molecule has 0 aliphatic rings. The van der Waals surface area contributed by atoms with Crippen LogP contribution in [0.2, 0.25) is 0 Å². The van der Waals surface area contributed by atoms with Gasteiger partial charge >= 0.3 is 6.92 Å². The van der Waals surface area contributed by atoms with Crippen LogP contribution < -0.4 is 10.9 Å². The number of phenolic OH excluding ortho intramolecular Hbond substituents is 1. The number of rotatable bonds is 5. The van der Waals surface area contributed by atoms with Crippen LogP contribution in [0.1, 0.15) is 5.69 Å². The Morgan fingerprint density at radius 2 is 1.50 bits per heavy atom. The van der Waals surface area contributed by atoms with E-state index in [-0.39, 0.29) is 12.7 Å². The molecule has 22 heavy (non-hydrogen) atoms. The van der Waals surface area contributed by atoms with Gasteiger partial charge in [0, 0.05) is 6.20 Å². The van der Waals surface area contributed by atoms with Crippen molar-refractivity contribution in [2.75, 3.05) is 0 Å². The molecule has 0 unspecified atom stereocenters. The van der Waals surface area contributed by atoms with Crippen molar-refractivity contribution in [1.82, 2.24) is 4.98 Å². The number of benzene rings is 2. The summed E-state index contributed by atoms with van der Waals surface area (Å²) in [7, 11) is 0. The average molecular weight is 289 g/mol. The van der Waals surface area contributed by atoms with Crippen LogP contribution in [0.3, 0.4) is 0 Å². The second-order valence-corrected chi connectivity index (χ2v) is 5.01. The molecule has 0 spiro atoms. The highest BCUT2D eigenvalue weighted by Gasteiger charge is 2.21. The van der Waals surface area contributed by atoms with Crippen molar-refractivity contribution in [2.24, 2.45) is 0 Å². The van der Waals surface area contributed by atoms with Crippen molar-refractivity contribution in [3.63, 3.8) is 0 Å². The normalized spacial score (nSPS) is 10.4. The summed E-state index contributed by atoms with van der Waals surface area (Å²) < 4.78 is 6.10. The van der Waals surface area contributed by atoms with Crippen LogP contribution in [0.15, 0.2) is 79.0 Å². The van der Waals surface area contributed by atoms with Gasteiger partial charge in [-0.2, -0.15) is 0 Å². The summed E-state index contributed by atoms with van der Waals surface area (Å²) in [4.78, 5) is 4.29. The average Bonchev–Trinajstić information content (AvgIpc) is 2.58. The second-order valence-electron chi connectivity index (χ2n) is 5.01. The van der Waals surface area contributed by atoms with Gasteiger partial charge in [0.25, 0.3) is 0 Å². The van der Waals surface area contributed by atoms with Crippen molar-refractivity contribution < 1.29 is 9.76 Å². The van der Waals surface area contributed by atoms with E-state index in [0.717, 1.165) is 16.6 Å². The Morgan fingerprint density at radius 3 is 2.18 bits per heavy atom. The highest BCUT2D eigenvalue weighted by Crippen LogP contribution is 2.06. The predicted octanol–water partition coefficient (Wildman–Crippen LogP) is 2.11. The van der Waals surface area contributed by atoms with Crippen molar-refractivity contribution >= 4 is 17.8 Å². The van der Waals surface area contributed by atoms with Gasteiger partial charge in [0.15, 0.2) is 0 Å². The first-order chi connectivity index (χ1) is 10.8. The highest BCUT2D eigenvalue weighted by atomic mass is 16.4. The Labute approximate surface area is 130 Å². The third-order valence-electron chi connectivity index (χ3n) is 3.42. The quantitative estimate of drug-likeness (QED) is 0.731. The molecule has 0 radical (unpaired) electrons. The molecule has 1 heterocycles. The summed E-state index contributed by atoms with van der Waals surface area (Å²) >= 11 is 0. The number of hydrogen-bond acceptors (Lipinski definition) is 3. The van der Waals surface area contributed by atoms with Gasteiger partial charge in [-0.25, -0.2) is 0 Å². The summed E-state index contributed by atoms with van der Waals surface area (Å²) in [6, 6.07) is 22.9. The van der Waals surface area contributed by atoms with Crippen molar-refractivity contribution in [2.45, 2.75) is 6.61 Å². The minimum Gasteiger partial charge on any atom is -0.508 e. The second kappa shape index (κ2) is 6.92.